The zero-order valence-corrected chi connectivity index (χ0v) is 9.42. The standard InChI is InChI=1S/C9H10F4N2.ClH/c1-5(14-2)8-7(10)3-6(4-15-8)9(11,12)13;/h3-5,14H,1-2H3;1H/t5-;/m1./s1. The molecule has 0 saturated carbocycles. The van der Waals surface area contributed by atoms with Crippen LogP contribution in [0.5, 0.6) is 0 Å². The van der Waals surface area contributed by atoms with Crippen LogP contribution in [0.2, 0.25) is 0 Å². The van der Waals surface area contributed by atoms with Gasteiger partial charge in [-0.05, 0) is 20.0 Å². The van der Waals surface area contributed by atoms with Crippen LogP contribution in [0.25, 0.3) is 0 Å². The lowest BCUT2D eigenvalue weighted by atomic mass is 10.1. The Balaban J connectivity index is 0.00000225. The van der Waals surface area contributed by atoms with Crippen LogP contribution in [0, 0.1) is 5.82 Å². The van der Waals surface area contributed by atoms with E-state index in [4.69, 9.17) is 0 Å². The molecule has 0 aliphatic carbocycles. The van der Waals surface area contributed by atoms with E-state index in [2.05, 4.69) is 10.3 Å². The van der Waals surface area contributed by atoms with Crippen LogP contribution < -0.4 is 5.32 Å². The van der Waals surface area contributed by atoms with E-state index in [1.54, 1.807) is 14.0 Å². The molecule has 0 aromatic carbocycles. The Hall–Kier alpha value is -0.880. The average Bonchev–Trinajstić information content (AvgIpc) is 2.15. The second kappa shape index (κ2) is 5.45. The molecule has 0 unspecified atom stereocenters. The maximum absolute atomic E-state index is 13.2. The monoisotopic (exact) mass is 258 g/mol. The van der Waals surface area contributed by atoms with Crippen LogP contribution in [0.4, 0.5) is 17.6 Å². The molecule has 92 valence electrons. The van der Waals surface area contributed by atoms with Crippen molar-refractivity contribution in [1.82, 2.24) is 10.3 Å². The summed E-state index contributed by atoms with van der Waals surface area (Å²) in [5.74, 6) is -0.952. The molecule has 0 fully saturated rings. The molecule has 0 aliphatic rings. The maximum atomic E-state index is 13.2. The van der Waals surface area contributed by atoms with Crippen molar-refractivity contribution < 1.29 is 17.6 Å². The highest BCUT2D eigenvalue weighted by Gasteiger charge is 2.32. The van der Waals surface area contributed by atoms with E-state index >= 15 is 0 Å². The number of halogens is 5. The predicted octanol–water partition coefficient (Wildman–Crippen LogP) is 2.94. The zero-order chi connectivity index (χ0) is 11.6. The highest BCUT2D eigenvalue weighted by Crippen LogP contribution is 2.30. The Morgan fingerprint density at radius 2 is 1.94 bits per heavy atom. The van der Waals surface area contributed by atoms with Crippen molar-refractivity contribution in [2.45, 2.75) is 19.1 Å². The summed E-state index contributed by atoms with van der Waals surface area (Å²) >= 11 is 0. The maximum Gasteiger partial charge on any atom is 0.417 e. The van der Waals surface area contributed by atoms with E-state index in [1.807, 2.05) is 0 Å². The molecule has 1 atom stereocenters. The highest BCUT2D eigenvalue weighted by atomic mass is 35.5. The second-order valence-electron chi connectivity index (χ2n) is 3.10. The minimum Gasteiger partial charge on any atom is -0.312 e. The smallest absolute Gasteiger partial charge is 0.312 e. The van der Waals surface area contributed by atoms with Crippen molar-refractivity contribution in [1.29, 1.82) is 0 Å². The van der Waals surface area contributed by atoms with Crippen LogP contribution in [0.15, 0.2) is 12.3 Å². The van der Waals surface area contributed by atoms with Crippen LogP contribution in [-0.4, -0.2) is 12.0 Å². The van der Waals surface area contributed by atoms with Crippen molar-refractivity contribution in [2.24, 2.45) is 0 Å². The lowest BCUT2D eigenvalue weighted by Gasteiger charge is -2.12. The third-order valence-corrected chi connectivity index (χ3v) is 2.04. The molecule has 0 bridgehead atoms. The fourth-order valence-electron chi connectivity index (χ4n) is 1.06. The summed E-state index contributed by atoms with van der Waals surface area (Å²) in [4.78, 5) is 3.46. The topological polar surface area (TPSA) is 24.9 Å². The molecule has 7 heteroatoms. The fourth-order valence-corrected chi connectivity index (χ4v) is 1.06. The lowest BCUT2D eigenvalue weighted by Crippen LogP contribution is -2.17. The molecule has 0 spiro atoms. The Morgan fingerprint density at radius 1 is 1.38 bits per heavy atom. The molecule has 16 heavy (non-hydrogen) atoms. The number of nitrogens with one attached hydrogen (secondary N) is 1. The molecule has 1 aromatic rings. The SMILES string of the molecule is CN[C@H](C)c1ncc(C(F)(F)F)cc1F.Cl. The predicted molar refractivity (Wildman–Crippen MR) is 53.9 cm³/mol. The summed E-state index contributed by atoms with van der Waals surface area (Å²) in [6.07, 6.45) is -3.93. The summed E-state index contributed by atoms with van der Waals surface area (Å²) < 4.78 is 49.7. The molecular formula is C9H11ClF4N2. The quantitative estimate of drug-likeness (QED) is 0.825. The Labute approximate surface area is 96.5 Å². The van der Waals surface area contributed by atoms with E-state index in [9.17, 15) is 17.6 Å². The van der Waals surface area contributed by atoms with Crippen molar-refractivity contribution in [3.05, 3.63) is 29.3 Å². The Bertz CT molecular complexity index is 354. The molecule has 1 rings (SSSR count). The summed E-state index contributed by atoms with van der Waals surface area (Å²) in [6.45, 7) is 1.61. The largest absolute Gasteiger partial charge is 0.417 e. The number of alkyl halides is 3. The Kier molecular flexibility index (Phi) is 5.15. The minimum absolute atomic E-state index is 0. The third-order valence-electron chi connectivity index (χ3n) is 2.04. The summed E-state index contributed by atoms with van der Waals surface area (Å²) in [5, 5.41) is 2.70. The zero-order valence-electron chi connectivity index (χ0n) is 8.60. The van der Waals surface area contributed by atoms with Gasteiger partial charge in [0, 0.05) is 12.2 Å². The van der Waals surface area contributed by atoms with Crippen LogP contribution in [0.1, 0.15) is 24.2 Å². The lowest BCUT2D eigenvalue weighted by molar-refractivity contribution is -0.138. The van der Waals surface area contributed by atoms with Gasteiger partial charge < -0.3 is 5.32 Å². The van der Waals surface area contributed by atoms with Gasteiger partial charge in [-0.25, -0.2) is 4.39 Å². The number of rotatable bonds is 2. The average molecular weight is 259 g/mol. The van der Waals surface area contributed by atoms with Gasteiger partial charge in [0.15, 0.2) is 0 Å². The molecule has 1 heterocycles. The van der Waals surface area contributed by atoms with E-state index in [0.29, 0.717) is 12.3 Å². The molecule has 0 aliphatic heterocycles. The fraction of sp³-hybridized carbons (Fsp3) is 0.444. The first-order valence-corrected chi connectivity index (χ1v) is 4.26. The van der Waals surface area contributed by atoms with E-state index in [1.165, 1.54) is 0 Å². The number of hydrogen-bond acceptors (Lipinski definition) is 2. The molecular weight excluding hydrogens is 248 g/mol. The van der Waals surface area contributed by atoms with Crippen molar-refractivity contribution >= 4 is 12.4 Å². The number of nitrogens with zero attached hydrogens (tertiary/aromatic N) is 1. The van der Waals surface area contributed by atoms with Gasteiger partial charge >= 0.3 is 6.18 Å². The first kappa shape index (κ1) is 15.1. The minimum atomic E-state index is -4.56. The van der Waals surface area contributed by atoms with Gasteiger partial charge in [0.05, 0.1) is 11.3 Å². The first-order valence-electron chi connectivity index (χ1n) is 4.26. The van der Waals surface area contributed by atoms with Crippen LogP contribution in [-0.2, 0) is 6.18 Å². The molecule has 1 N–H and O–H groups in total. The molecule has 1 aromatic heterocycles. The summed E-state index contributed by atoms with van der Waals surface area (Å²) in [6, 6.07) is 0.0307. The third kappa shape index (κ3) is 3.31. The normalized spacial score (nSPS) is 13.1. The van der Waals surface area contributed by atoms with Gasteiger partial charge in [0.2, 0.25) is 0 Å². The van der Waals surface area contributed by atoms with Crippen molar-refractivity contribution in [3.63, 3.8) is 0 Å². The van der Waals surface area contributed by atoms with Crippen molar-refractivity contribution in [3.8, 4) is 0 Å². The first-order chi connectivity index (χ1) is 6.86. The summed E-state index contributed by atoms with van der Waals surface area (Å²) in [5.41, 5.74) is -1.10. The van der Waals surface area contributed by atoms with Gasteiger partial charge in [0.1, 0.15) is 5.82 Å². The van der Waals surface area contributed by atoms with Gasteiger partial charge in [0.25, 0.3) is 0 Å². The highest BCUT2D eigenvalue weighted by molar-refractivity contribution is 5.85. The van der Waals surface area contributed by atoms with Crippen LogP contribution >= 0.6 is 12.4 Å². The molecule has 0 amide bonds. The van der Waals surface area contributed by atoms with Gasteiger partial charge in [-0.15, -0.1) is 12.4 Å². The van der Waals surface area contributed by atoms with E-state index < -0.39 is 23.6 Å². The second-order valence-corrected chi connectivity index (χ2v) is 3.10. The van der Waals surface area contributed by atoms with E-state index in [-0.39, 0.29) is 18.1 Å². The molecule has 2 nitrogen and oxygen atoms in total. The van der Waals surface area contributed by atoms with Gasteiger partial charge in [-0.3, -0.25) is 4.98 Å². The Morgan fingerprint density at radius 3 is 2.31 bits per heavy atom. The van der Waals surface area contributed by atoms with Crippen LogP contribution in [0.3, 0.4) is 0 Å². The van der Waals surface area contributed by atoms with Gasteiger partial charge in [-0.2, -0.15) is 13.2 Å². The number of pyridine rings is 1. The summed E-state index contributed by atoms with van der Waals surface area (Å²) in [7, 11) is 1.57. The molecule has 0 saturated heterocycles. The number of aromatic nitrogens is 1. The number of hydrogen-bond donors (Lipinski definition) is 1. The van der Waals surface area contributed by atoms with E-state index in [0.717, 1.165) is 0 Å². The van der Waals surface area contributed by atoms with Crippen molar-refractivity contribution in [2.75, 3.05) is 7.05 Å². The molecule has 0 radical (unpaired) electrons. The van der Waals surface area contributed by atoms with Gasteiger partial charge in [-0.1, -0.05) is 0 Å².